The van der Waals surface area contributed by atoms with Crippen LogP contribution in [0.25, 0.3) is 11.3 Å². The van der Waals surface area contributed by atoms with Gasteiger partial charge in [-0.15, -0.1) is 0 Å². The standard InChI is InChI=1S/C32H39FN4O5/c1-22(38)23-9-11-27(12-10-23)42-17-13-26-19-34-15-16-36(26)31(39)29-30(24-6-5-7-25(33)18-24)37(21-35-29)28-8-3-4-14-32(28,40)20-41-2/h5-7,9-12,18,21,26,28,34,40H,3-4,8,13-17,19-20H2,1-2H3/t26-,28-,32-/m1/s1. The summed E-state index contributed by atoms with van der Waals surface area (Å²) < 4.78 is 27.6. The third kappa shape index (κ3) is 6.40. The molecule has 2 aliphatic rings. The second-order valence-electron chi connectivity index (χ2n) is 11.2. The molecule has 1 aliphatic heterocycles. The number of imidazole rings is 1. The minimum absolute atomic E-state index is 0.00380. The summed E-state index contributed by atoms with van der Waals surface area (Å²) >= 11 is 0. The van der Waals surface area contributed by atoms with Crippen molar-refractivity contribution in [2.45, 2.75) is 56.7 Å². The van der Waals surface area contributed by atoms with Crippen LogP contribution in [0.1, 0.15) is 65.9 Å². The quantitative estimate of drug-likeness (QED) is 0.346. The van der Waals surface area contributed by atoms with E-state index in [1.807, 2.05) is 9.47 Å². The molecule has 0 radical (unpaired) electrons. The number of hydrogen-bond donors (Lipinski definition) is 2. The lowest BCUT2D eigenvalue weighted by Gasteiger charge is -2.41. The van der Waals surface area contributed by atoms with Gasteiger partial charge in [-0.05, 0) is 56.2 Å². The number of piperazine rings is 1. The molecule has 1 saturated heterocycles. The zero-order chi connectivity index (χ0) is 29.7. The maximum atomic E-state index is 14.5. The Kier molecular flexibility index (Phi) is 9.35. The Labute approximate surface area is 245 Å². The van der Waals surface area contributed by atoms with Crippen molar-refractivity contribution >= 4 is 11.7 Å². The number of nitrogens with zero attached hydrogens (tertiary/aromatic N) is 3. The molecule has 9 nitrogen and oxygen atoms in total. The number of carbonyl (C=O) groups excluding carboxylic acids is 2. The predicted molar refractivity (Wildman–Crippen MR) is 156 cm³/mol. The van der Waals surface area contributed by atoms with Crippen molar-refractivity contribution in [3.8, 4) is 17.0 Å². The lowest BCUT2D eigenvalue weighted by molar-refractivity contribution is -0.0893. The zero-order valence-corrected chi connectivity index (χ0v) is 24.2. The summed E-state index contributed by atoms with van der Waals surface area (Å²) in [5, 5.41) is 15.0. The first kappa shape index (κ1) is 29.9. The van der Waals surface area contributed by atoms with E-state index < -0.39 is 11.4 Å². The van der Waals surface area contributed by atoms with E-state index in [9.17, 15) is 19.1 Å². The molecule has 3 aromatic rings. The number of benzene rings is 2. The average molecular weight is 579 g/mol. The number of aliphatic hydroxyl groups is 1. The smallest absolute Gasteiger partial charge is 0.275 e. The van der Waals surface area contributed by atoms with Crippen LogP contribution < -0.4 is 10.1 Å². The molecule has 2 fully saturated rings. The van der Waals surface area contributed by atoms with Gasteiger partial charge in [0.15, 0.2) is 11.5 Å². The van der Waals surface area contributed by atoms with Crippen molar-refractivity contribution in [3.63, 3.8) is 0 Å². The van der Waals surface area contributed by atoms with Gasteiger partial charge < -0.3 is 29.4 Å². The fourth-order valence-electron chi connectivity index (χ4n) is 6.22. The summed E-state index contributed by atoms with van der Waals surface area (Å²) in [4.78, 5) is 32.1. The first-order valence-electron chi connectivity index (χ1n) is 14.6. The van der Waals surface area contributed by atoms with Crippen molar-refractivity contribution < 1.29 is 28.6 Å². The Balaban J connectivity index is 1.41. The number of ketones is 1. The van der Waals surface area contributed by atoms with Gasteiger partial charge in [-0.2, -0.15) is 0 Å². The average Bonchev–Trinajstić information content (AvgIpc) is 3.42. The summed E-state index contributed by atoms with van der Waals surface area (Å²) in [6.45, 7) is 3.79. The minimum Gasteiger partial charge on any atom is -0.494 e. The van der Waals surface area contributed by atoms with Crippen molar-refractivity contribution in [3.05, 3.63) is 71.9 Å². The molecule has 3 atom stereocenters. The monoisotopic (exact) mass is 578 g/mol. The van der Waals surface area contributed by atoms with Gasteiger partial charge in [0.2, 0.25) is 0 Å². The molecule has 1 saturated carbocycles. The normalized spacial score (nSPS) is 22.6. The van der Waals surface area contributed by atoms with Crippen molar-refractivity contribution in [1.82, 2.24) is 19.8 Å². The maximum Gasteiger partial charge on any atom is 0.275 e. The summed E-state index contributed by atoms with van der Waals surface area (Å²) in [7, 11) is 1.56. The minimum atomic E-state index is -1.13. The second-order valence-corrected chi connectivity index (χ2v) is 11.2. The lowest BCUT2D eigenvalue weighted by Crippen LogP contribution is -2.54. The number of hydrogen-bond acceptors (Lipinski definition) is 7. The number of rotatable bonds is 10. The third-order valence-electron chi connectivity index (χ3n) is 8.37. The molecule has 0 spiro atoms. The van der Waals surface area contributed by atoms with Gasteiger partial charge >= 0.3 is 0 Å². The van der Waals surface area contributed by atoms with Gasteiger partial charge in [0, 0.05) is 50.3 Å². The van der Waals surface area contributed by atoms with Crippen LogP contribution in [-0.2, 0) is 4.74 Å². The molecule has 10 heteroatoms. The van der Waals surface area contributed by atoms with Crippen LogP contribution in [0.4, 0.5) is 4.39 Å². The highest BCUT2D eigenvalue weighted by Crippen LogP contribution is 2.41. The number of ether oxygens (including phenoxy) is 2. The number of halogens is 1. The van der Waals surface area contributed by atoms with Crippen LogP contribution in [0.3, 0.4) is 0 Å². The summed E-state index contributed by atoms with van der Waals surface area (Å²) in [5.74, 6) is 0.0000909. The predicted octanol–water partition coefficient (Wildman–Crippen LogP) is 4.27. The molecule has 2 heterocycles. The van der Waals surface area contributed by atoms with Crippen molar-refractivity contribution in [1.29, 1.82) is 0 Å². The Bertz CT molecular complexity index is 1390. The molecule has 2 aromatic carbocycles. The summed E-state index contributed by atoms with van der Waals surface area (Å²) in [6.07, 6.45) is 5.23. The van der Waals surface area contributed by atoms with E-state index in [1.54, 1.807) is 49.8 Å². The molecule has 1 aromatic heterocycles. The molecule has 0 bridgehead atoms. The lowest BCUT2D eigenvalue weighted by atomic mass is 9.80. The Hall–Kier alpha value is -3.60. The van der Waals surface area contributed by atoms with Gasteiger partial charge in [-0.3, -0.25) is 9.59 Å². The molecular formula is C32H39FN4O5. The number of nitrogens with one attached hydrogen (secondary N) is 1. The molecular weight excluding hydrogens is 539 g/mol. The van der Waals surface area contributed by atoms with E-state index in [4.69, 9.17) is 9.47 Å². The Morgan fingerprint density at radius 1 is 1.19 bits per heavy atom. The molecule has 42 heavy (non-hydrogen) atoms. The van der Waals surface area contributed by atoms with Crippen LogP contribution >= 0.6 is 0 Å². The van der Waals surface area contributed by atoms with E-state index in [-0.39, 0.29) is 36.1 Å². The molecule has 224 valence electrons. The largest absolute Gasteiger partial charge is 0.494 e. The van der Waals surface area contributed by atoms with E-state index in [0.717, 1.165) is 12.8 Å². The number of aromatic nitrogens is 2. The highest BCUT2D eigenvalue weighted by molar-refractivity contribution is 5.98. The topological polar surface area (TPSA) is 106 Å². The molecule has 2 N–H and O–H groups in total. The first-order valence-corrected chi connectivity index (χ1v) is 14.6. The van der Waals surface area contributed by atoms with Crippen LogP contribution in [0.2, 0.25) is 0 Å². The highest BCUT2D eigenvalue weighted by atomic mass is 19.1. The number of Topliss-reactive ketones (excluding diaryl/α,β-unsaturated/α-hetero) is 1. The maximum absolute atomic E-state index is 14.5. The van der Waals surface area contributed by atoms with Crippen LogP contribution in [0, 0.1) is 5.82 Å². The molecule has 1 aliphatic carbocycles. The van der Waals surface area contributed by atoms with Gasteiger partial charge in [-0.25, -0.2) is 9.37 Å². The Morgan fingerprint density at radius 3 is 2.74 bits per heavy atom. The van der Waals surface area contributed by atoms with Gasteiger partial charge in [0.25, 0.3) is 5.91 Å². The van der Waals surface area contributed by atoms with E-state index in [2.05, 4.69) is 10.3 Å². The zero-order valence-electron chi connectivity index (χ0n) is 24.2. The van der Waals surface area contributed by atoms with Gasteiger partial charge in [0.1, 0.15) is 17.2 Å². The number of carbonyl (C=O) groups is 2. The van der Waals surface area contributed by atoms with Crippen LogP contribution in [0.5, 0.6) is 5.75 Å². The van der Waals surface area contributed by atoms with E-state index in [0.29, 0.717) is 68.1 Å². The van der Waals surface area contributed by atoms with Crippen molar-refractivity contribution in [2.75, 3.05) is 40.0 Å². The first-order chi connectivity index (χ1) is 20.3. The third-order valence-corrected chi connectivity index (χ3v) is 8.37. The second kappa shape index (κ2) is 13.1. The highest BCUT2D eigenvalue weighted by Gasteiger charge is 2.42. The van der Waals surface area contributed by atoms with E-state index >= 15 is 0 Å². The molecule has 1 amide bonds. The molecule has 5 rings (SSSR count). The molecule has 0 unspecified atom stereocenters. The summed E-state index contributed by atoms with van der Waals surface area (Å²) in [6, 6.07) is 12.7. The fourth-order valence-corrected chi connectivity index (χ4v) is 6.22. The van der Waals surface area contributed by atoms with Gasteiger partial charge in [-0.1, -0.05) is 25.0 Å². The van der Waals surface area contributed by atoms with Crippen molar-refractivity contribution in [2.24, 2.45) is 0 Å². The van der Waals surface area contributed by atoms with Crippen LogP contribution in [-0.4, -0.2) is 82.8 Å². The van der Waals surface area contributed by atoms with E-state index in [1.165, 1.54) is 19.1 Å². The summed E-state index contributed by atoms with van der Waals surface area (Å²) in [5.41, 5.74) is 0.759. The SMILES string of the molecule is COC[C@]1(O)CCCC[C@H]1n1cnc(C(=O)N2CCNC[C@H]2CCOc2ccc(C(C)=O)cc2)c1-c1cccc(F)c1. The van der Waals surface area contributed by atoms with Gasteiger partial charge in [0.05, 0.1) is 31.3 Å². The number of methoxy groups -OCH3 is 1. The van der Waals surface area contributed by atoms with Crippen LogP contribution in [0.15, 0.2) is 54.9 Å². The Morgan fingerprint density at radius 2 is 2.00 bits per heavy atom. The number of amides is 1. The fraction of sp³-hybridized carbons (Fsp3) is 0.469.